The smallest absolute Gasteiger partial charge is 0.251 e. The SMILES string of the molecule is O=C(N[C@@H]1CN2CCC1CC2)c1ccc(S(=O)(=O)N2CCCCC2)cc1. The van der Waals surface area contributed by atoms with Crippen molar-refractivity contribution in [3.05, 3.63) is 29.8 Å². The predicted molar refractivity (Wildman–Crippen MR) is 99.5 cm³/mol. The van der Waals surface area contributed by atoms with Crippen molar-refractivity contribution in [3.8, 4) is 0 Å². The van der Waals surface area contributed by atoms with E-state index in [0.29, 0.717) is 24.6 Å². The van der Waals surface area contributed by atoms with Gasteiger partial charge in [-0.2, -0.15) is 4.31 Å². The molecule has 4 saturated heterocycles. The molecule has 1 aromatic rings. The molecule has 4 aliphatic rings. The van der Waals surface area contributed by atoms with Crippen LogP contribution >= 0.6 is 0 Å². The van der Waals surface area contributed by atoms with Crippen molar-refractivity contribution in [2.45, 2.75) is 43.0 Å². The Labute approximate surface area is 155 Å². The molecule has 4 aliphatic heterocycles. The summed E-state index contributed by atoms with van der Waals surface area (Å²) in [6.45, 7) is 4.38. The van der Waals surface area contributed by atoms with Crippen LogP contribution in [0.15, 0.2) is 29.2 Å². The summed E-state index contributed by atoms with van der Waals surface area (Å²) < 4.78 is 26.9. The van der Waals surface area contributed by atoms with E-state index in [9.17, 15) is 13.2 Å². The molecule has 0 spiro atoms. The number of hydrogen-bond donors (Lipinski definition) is 1. The van der Waals surface area contributed by atoms with E-state index in [0.717, 1.165) is 51.7 Å². The zero-order valence-electron chi connectivity index (χ0n) is 15.1. The normalized spacial score (nSPS) is 29.5. The molecule has 26 heavy (non-hydrogen) atoms. The lowest BCUT2D eigenvalue weighted by molar-refractivity contribution is 0.0620. The van der Waals surface area contributed by atoms with E-state index in [1.165, 1.54) is 0 Å². The molecule has 7 heteroatoms. The van der Waals surface area contributed by atoms with Gasteiger partial charge in [-0.1, -0.05) is 6.42 Å². The highest BCUT2D eigenvalue weighted by Gasteiger charge is 2.35. The maximum Gasteiger partial charge on any atom is 0.251 e. The zero-order valence-corrected chi connectivity index (χ0v) is 15.9. The number of amides is 1. The van der Waals surface area contributed by atoms with Gasteiger partial charge in [0.15, 0.2) is 0 Å². The first-order chi connectivity index (χ1) is 12.5. The summed E-state index contributed by atoms with van der Waals surface area (Å²) in [6.07, 6.45) is 5.22. The maximum atomic E-state index is 12.7. The van der Waals surface area contributed by atoms with E-state index in [4.69, 9.17) is 0 Å². The first kappa shape index (κ1) is 17.9. The number of sulfonamides is 1. The highest BCUT2D eigenvalue weighted by Crippen LogP contribution is 2.28. The number of nitrogens with one attached hydrogen (secondary N) is 1. The zero-order chi connectivity index (χ0) is 18.1. The molecule has 0 aromatic heterocycles. The molecule has 1 atom stereocenters. The number of hydrogen-bond acceptors (Lipinski definition) is 4. The number of piperidine rings is 4. The Morgan fingerprint density at radius 1 is 0.962 bits per heavy atom. The van der Waals surface area contributed by atoms with E-state index < -0.39 is 10.0 Å². The van der Waals surface area contributed by atoms with Crippen molar-refractivity contribution in [1.82, 2.24) is 14.5 Å². The molecule has 0 aliphatic carbocycles. The first-order valence-corrected chi connectivity index (χ1v) is 11.1. The fourth-order valence-corrected chi connectivity index (χ4v) is 5.93. The van der Waals surface area contributed by atoms with E-state index in [1.807, 2.05) is 0 Å². The summed E-state index contributed by atoms with van der Waals surface area (Å²) in [4.78, 5) is 15.2. The van der Waals surface area contributed by atoms with E-state index >= 15 is 0 Å². The van der Waals surface area contributed by atoms with Gasteiger partial charge in [0.25, 0.3) is 5.91 Å². The minimum Gasteiger partial charge on any atom is -0.348 e. The van der Waals surface area contributed by atoms with Crippen LogP contribution in [-0.2, 0) is 10.0 Å². The van der Waals surface area contributed by atoms with Crippen LogP contribution in [0, 0.1) is 5.92 Å². The Morgan fingerprint density at radius 2 is 1.62 bits per heavy atom. The van der Waals surface area contributed by atoms with E-state index in [1.54, 1.807) is 28.6 Å². The van der Waals surface area contributed by atoms with Gasteiger partial charge in [-0.3, -0.25) is 4.79 Å². The number of carbonyl (C=O) groups excluding carboxylic acids is 1. The quantitative estimate of drug-likeness (QED) is 0.867. The Morgan fingerprint density at radius 3 is 2.19 bits per heavy atom. The lowest BCUT2D eigenvalue weighted by Gasteiger charge is -2.44. The second kappa shape index (κ2) is 7.29. The van der Waals surface area contributed by atoms with Gasteiger partial charge in [0.05, 0.1) is 4.90 Å². The standard InChI is InChI=1S/C19H27N3O3S/c23-19(20-18-14-21-12-8-15(18)9-13-21)16-4-6-17(7-5-16)26(24,25)22-10-2-1-3-11-22/h4-7,15,18H,1-3,8-14H2,(H,20,23)/t18-/m1/s1. The number of carbonyl (C=O) groups is 1. The molecule has 4 fully saturated rings. The van der Waals surface area contributed by atoms with Crippen LogP contribution in [0.5, 0.6) is 0 Å². The molecular weight excluding hydrogens is 350 g/mol. The highest BCUT2D eigenvalue weighted by atomic mass is 32.2. The van der Waals surface area contributed by atoms with E-state index in [2.05, 4.69) is 10.2 Å². The van der Waals surface area contributed by atoms with Crippen molar-refractivity contribution in [1.29, 1.82) is 0 Å². The molecular formula is C19H27N3O3S. The van der Waals surface area contributed by atoms with E-state index in [-0.39, 0.29) is 16.8 Å². The summed E-state index contributed by atoms with van der Waals surface area (Å²) in [7, 11) is -3.44. The average molecular weight is 378 g/mol. The third kappa shape index (κ3) is 3.52. The molecule has 0 radical (unpaired) electrons. The maximum absolute atomic E-state index is 12.7. The Bertz CT molecular complexity index is 749. The van der Waals surface area contributed by atoms with Gasteiger partial charge in [-0.05, 0) is 69.0 Å². The number of nitrogens with zero attached hydrogens (tertiary/aromatic N) is 2. The molecule has 0 saturated carbocycles. The van der Waals surface area contributed by atoms with Gasteiger partial charge < -0.3 is 10.2 Å². The van der Waals surface area contributed by atoms with Crippen LogP contribution in [0.3, 0.4) is 0 Å². The molecule has 0 unspecified atom stereocenters. The molecule has 4 heterocycles. The first-order valence-electron chi connectivity index (χ1n) is 9.67. The summed E-state index contributed by atoms with van der Waals surface area (Å²) in [5.41, 5.74) is 0.527. The fourth-order valence-electron chi connectivity index (χ4n) is 4.41. The third-order valence-electron chi connectivity index (χ3n) is 6.04. The summed E-state index contributed by atoms with van der Waals surface area (Å²) in [6, 6.07) is 6.60. The van der Waals surface area contributed by atoms with Crippen molar-refractivity contribution in [2.24, 2.45) is 5.92 Å². The lowest BCUT2D eigenvalue weighted by atomic mass is 9.84. The van der Waals surface area contributed by atoms with Crippen LogP contribution in [0.2, 0.25) is 0 Å². The van der Waals surface area contributed by atoms with Gasteiger partial charge in [0.1, 0.15) is 0 Å². The second-order valence-electron chi connectivity index (χ2n) is 7.71. The minimum atomic E-state index is -3.44. The van der Waals surface area contributed by atoms with Gasteiger partial charge >= 0.3 is 0 Å². The molecule has 2 bridgehead atoms. The van der Waals surface area contributed by atoms with Gasteiger partial charge in [0, 0.05) is 31.2 Å². The largest absolute Gasteiger partial charge is 0.348 e. The predicted octanol–water partition coefficient (Wildman–Crippen LogP) is 1.69. The fraction of sp³-hybridized carbons (Fsp3) is 0.632. The number of fused-ring (bicyclic) bond motifs is 3. The summed E-state index contributed by atoms with van der Waals surface area (Å²) in [5, 5.41) is 3.15. The van der Waals surface area contributed by atoms with Crippen LogP contribution in [0.1, 0.15) is 42.5 Å². The average Bonchev–Trinajstić information content (AvgIpc) is 2.69. The van der Waals surface area contributed by atoms with Gasteiger partial charge in [-0.25, -0.2) is 8.42 Å². The molecule has 1 N–H and O–H groups in total. The Kier molecular flexibility index (Phi) is 5.03. The topological polar surface area (TPSA) is 69.7 Å². The number of rotatable bonds is 4. The molecule has 142 valence electrons. The van der Waals surface area contributed by atoms with Crippen molar-refractivity contribution in [3.63, 3.8) is 0 Å². The van der Waals surface area contributed by atoms with Crippen LogP contribution in [-0.4, -0.2) is 62.3 Å². The Balaban J connectivity index is 1.43. The van der Waals surface area contributed by atoms with Gasteiger partial charge in [-0.15, -0.1) is 0 Å². The summed E-state index contributed by atoms with van der Waals surface area (Å²) in [5.74, 6) is 0.466. The van der Waals surface area contributed by atoms with Crippen molar-refractivity contribution in [2.75, 3.05) is 32.7 Å². The summed E-state index contributed by atoms with van der Waals surface area (Å²) >= 11 is 0. The van der Waals surface area contributed by atoms with Crippen LogP contribution in [0.4, 0.5) is 0 Å². The van der Waals surface area contributed by atoms with Crippen LogP contribution in [0.25, 0.3) is 0 Å². The number of benzene rings is 1. The molecule has 1 aromatic carbocycles. The monoisotopic (exact) mass is 377 g/mol. The molecule has 5 rings (SSSR count). The van der Waals surface area contributed by atoms with Crippen molar-refractivity contribution < 1.29 is 13.2 Å². The minimum absolute atomic E-state index is 0.106. The lowest BCUT2D eigenvalue weighted by Crippen LogP contribution is -2.57. The van der Waals surface area contributed by atoms with Gasteiger partial charge in [0.2, 0.25) is 10.0 Å². The molecule has 1 amide bonds. The second-order valence-corrected chi connectivity index (χ2v) is 9.65. The van der Waals surface area contributed by atoms with Crippen LogP contribution < -0.4 is 5.32 Å². The third-order valence-corrected chi connectivity index (χ3v) is 7.95. The Hall–Kier alpha value is -1.44. The highest BCUT2D eigenvalue weighted by molar-refractivity contribution is 7.89. The van der Waals surface area contributed by atoms with Crippen molar-refractivity contribution >= 4 is 15.9 Å². The molecule has 6 nitrogen and oxygen atoms in total.